The smallest absolute Gasteiger partial charge is 0.407 e. The summed E-state index contributed by atoms with van der Waals surface area (Å²) in [5, 5.41) is 25.7. The summed E-state index contributed by atoms with van der Waals surface area (Å²) < 4.78 is 5.07. The monoisotopic (exact) mass is 374 g/mol. The quantitative estimate of drug-likeness (QED) is 0.324. The van der Waals surface area contributed by atoms with Crippen LogP contribution in [0, 0.1) is 11.3 Å². The van der Waals surface area contributed by atoms with E-state index >= 15 is 0 Å². The van der Waals surface area contributed by atoms with Crippen LogP contribution in [-0.2, 0) is 9.53 Å². The van der Waals surface area contributed by atoms with Gasteiger partial charge in [0, 0.05) is 25.0 Å². The molecule has 9 heteroatoms. The summed E-state index contributed by atoms with van der Waals surface area (Å²) >= 11 is 0. The van der Waals surface area contributed by atoms with Crippen molar-refractivity contribution >= 4 is 23.7 Å². The molecule has 4 N–H and O–H groups in total. The average Bonchev–Trinajstić information content (AvgIpc) is 2.56. The molecule has 0 aliphatic carbocycles. The highest BCUT2D eigenvalue weighted by Gasteiger charge is 2.15. The number of carboxylic acids is 1. The van der Waals surface area contributed by atoms with E-state index in [2.05, 4.69) is 16.0 Å². The molecule has 0 spiro atoms. The molecule has 1 aromatic carbocycles. The molecule has 0 radical (unpaired) electrons. The zero-order valence-corrected chi connectivity index (χ0v) is 15.3. The van der Waals surface area contributed by atoms with Crippen LogP contribution in [0.5, 0.6) is 0 Å². The number of carboxylic acid groups (broad SMARTS) is 1. The van der Waals surface area contributed by atoms with Gasteiger partial charge >= 0.3 is 12.1 Å². The maximum Gasteiger partial charge on any atom is 0.407 e. The van der Waals surface area contributed by atoms with Gasteiger partial charge in [0.05, 0.1) is 5.56 Å². The average molecular weight is 374 g/mol. The molecule has 0 heterocycles. The van der Waals surface area contributed by atoms with Crippen LogP contribution in [0.25, 0.3) is 0 Å². The first-order valence-corrected chi connectivity index (χ1v) is 8.07. The number of rotatable bonds is 7. The van der Waals surface area contributed by atoms with Crippen LogP contribution in [0.4, 0.5) is 10.5 Å². The van der Waals surface area contributed by atoms with Gasteiger partial charge in [-0.05, 0) is 39.0 Å². The lowest BCUT2D eigenvalue weighted by atomic mass is 10.2. The molecule has 0 saturated carbocycles. The number of hydrogen-bond donors (Lipinski definition) is 4. The highest BCUT2D eigenvalue weighted by atomic mass is 16.6. The largest absolute Gasteiger partial charge is 0.478 e. The van der Waals surface area contributed by atoms with Crippen LogP contribution in [0.2, 0.25) is 0 Å². The minimum absolute atomic E-state index is 0.0154. The molecule has 0 saturated heterocycles. The molecule has 0 aliphatic heterocycles. The van der Waals surface area contributed by atoms with Crippen molar-refractivity contribution in [3.63, 3.8) is 0 Å². The fourth-order valence-electron chi connectivity index (χ4n) is 1.80. The van der Waals surface area contributed by atoms with Crippen molar-refractivity contribution in [2.75, 3.05) is 18.4 Å². The van der Waals surface area contributed by atoms with E-state index in [4.69, 9.17) is 15.1 Å². The van der Waals surface area contributed by atoms with Crippen molar-refractivity contribution in [2.45, 2.75) is 26.4 Å². The number of aromatic carboxylic acids is 1. The number of nitrogens with one attached hydrogen (secondary N) is 3. The first-order chi connectivity index (χ1) is 12.6. The molecular weight excluding hydrogens is 352 g/mol. The molecule has 0 bridgehead atoms. The third-order valence-corrected chi connectivity index (χ3v) is 2.92. The molecule has 2 amide bonds. The number of carbonyl (C=O) groups is 3. The summed E-state index contributed by atoms with van der Waals surface area (Å²) in [4.78, 5) is 34.5. The highest BCUT2D eigenvalue weighted by Crippen LogP contribution is 2.11. The number of carbonyl (C=O) groups excluding carboxylic acids is 2. The number of amides is 2. The van der Waals surface area contributed by atoms with Gasteiger partial charge < -0.3 is 25.8 Å². The van der Waals surface area contributed by atoms with E-state index in [1.807, 2.05) is 0 Å². The minimum atomic E-state index is -1.12. The van der Waals surface area contributed by atoms with Crippen LogP contribution >= 0.6 is 0 Å². The van der Waals surface area contributed by atoms with Gasteiger partial charge in [0.15, 0.2) is 0 Å². The second kappa shape index (κ2) is 9.82. The number of anilines is 1. The molecule has 1 aromatic rings. The van der Waals surface area contributed by atoms with Crippen molar-refractivity contribution in [3.8, 4) is 6.07 Å². The first kappa shape index (κ1) is 21.5. The lowest BCUT2D eigenvalue weighted by Gasteiger charge is -2.19. The van der Waals surface area contributed by atoms with Crippen molar-refractivity contribution in [1.82, 2.24) is 10.6 Å². The van der Waals surface area contributed by atoms with Gasteiger partial charge in [0.1, 0.15) is 17.2 Å². The fourth-order valence-corrected chi connectivity index (χ4v) is 1.80. The zero-order valence-electron chi connectivity index (χ0n) is 15.3. The Morgan fingerprint density at radius 2 is 1.96 bits per heavy atom. The summed E-state index contributed by atoms with van der Waals surface area (Å²) in [5.41, 5.74) is -0.524. The van der Waals surface area contributed by atoms with Crippen molar-refractivity contribution in [3.05, 3.63) is 41.6 Å². The standard InChI is InChI=1S/C18H22N4O5/c1-18(2,3)27-17(26)21-8-7-20-11-13(10-19)15(23)22-14-6-4-5-12(9-14)16(24)25/h4-6,9,11,20H,7-8H2,1-3H3,(H,21,26)(H,22,23)(H,24,25)/b13-11-. The van der Waals surface area contributed by atoms with E-state index in [9.17, 15) is 14.4 Å². The molecule has 9 nitrogen and oxygen atoms in total. The van der Waals surface area contributed by atoms with Crippen molar-refractivity contribution in [1.29, 1.82) is 5.26 Å². The summed E-state index contributed by atoms with van der Waals surface area (Å²) in [5.74, 6) is -1.81. The molecule has 0 aliphatic rings. The Labute approximate surface area is 157 Å². The number of ether oxygens (including phenoxy) is 1. The summed E-state index contributed by atoms with van der Waals surface area (Å²) in [7, 11) is 0. The molecular formula is C18H22N4O5. The lowest BCUT2D eigenvalue weighted by molar-refractivity contribution is -0.112. The molecule has 1 rings (SSSR count). The topological polar surface area (TPSA) is 141 Å². The van der Waals surface area contributed by atoms with Crippen LogP contribution in [0.3, 0.4) is 0 Å². The Morgan fingerprint density at radius 3 is 2.56 bits per heavy atom. The van der Waals surface area contributed by atoms with Gasteiger partial charge in [-0.15, -0.1) is 0 Å². The second-order valence-electron chi connectivity index (χ2n) is 6.39. The molecule has 0 unspecified atom stereocenters. The highest BCUT2D eigenvalue weighted by molar-refractivity contribution is 6.06. The van der Waals surface area contributed by atoms with Gasteiger partial charge in [-0.3, -0.25) is 4.79 Å². The normalized spacial score (nSPS) is 11.1. The van der Waals surface area contributed by atoms with Gasteiger partial charge in [-0.2, -0.15) is 5.26 Å². The van der Waals surface area contributed by atoms with Gasteiger partial charge in [-0.1, -0.05) is 6.07 Å². The Balaban J connectivity index is 2.51. The third-order valence-electron chi connectivity index (χ3n) is 2.92. The zero-order chi connectivity index (χ0) is 20.4. The third kappa shape index (κ3) is 8.40. The molecule has 0 atom stereocenters. The van der Waals surface area contributed by atoms with Gasteiger partial charge in [0.2, 0.25) is 0 Å². The van der Waals surface area contributed by atoms with E-state index in [1.54, 1.807) is 26.8 Å². The fraction of sp³-hybridized carbons (Fsp3) is 0.333. The van der Waals surface area contributed by atoms with E-state index < -0.39 is 23.6 Å². The molecule has 0 fully saturated rings. The summed E-state index contributed by atoms with van der Waals surface area (Å²) in [6.07, 6.45) is 0.650. The second-order valence-corrected chi connectivity index (χ2v) is 6.39. The van der Waals surface area contributed by atoms with Crippen LogP contribution < -0.4 is 16.0 Å². The maximum absolute atomic E-state index is 12.1. The van der Waals surface area contributed by atoms with Crippen molar-refractivity contribution in [2.24, 2.45) is 0 Å². The number of alkyl carbamates (subject to hydrolysis) is 1. The number of nitriles is 1. The van der Waals surface area contributed by atoms with Gasteiger partial charge in [-0.25, -0.2) is 9.59 Å². The minimum Gasteiger partial charge on any atom is -0.478 e. The van der Waals surface area contributed by atoms with E-state index in [0.29, 0.717) is 0 Å². The maximum atomic E-state index is 12.1. The summed E-state index contributed by atoms with van der Waals surface area (Å²) in [6, 6.07) is 7.41. The first-order valence-electron chi connectivity index (χ1n) is 8.07. The Morgan fingerprint density at radius 1 is 1.26 bits per heavy atom. The predicted octanol–water partition coefficient (Wildman–Crippen LogP) is 1.85. The summed E-state index contributed by atoms with van der Waals surface area (Å²) in [6.45, 7) is 5.74. The van der Waals surface area contributed by atoms with Gasteiger partial charge in [0.25, 0.3) is 5.91 Å². The SMILES string of the molecule is CC(C)(C)OC(=O)NCCN/C=C(/C#N)C(=O)Nc1cccc(C(=O)O)c1. The molecule has 0 aromatic heterocycles. The van der Waals surface area contributed by atoms with Crippen molar-refractivity contribution < 1.29 is 24.2 Å². The number of nitrogens with zero attached hydrogens (tertiary/aromatic N) is 1. The Bertz CT molecular complexity index is 775. The number of benzene rings is 1. The van der Waals surface area contributed by atoms with Crippen LogP contribution in [0.1, 0.15) is 31.1 Å². The van der Waals surface area contributed by atoms with E-state index in [1.165, 1.54) is 30.5 Å². The Hall–Kier alpha value is -3.54. The Kier molecular flexibility index (Phi) is 7.82. The number of hydrogen-bond acceptors (Lipinski definition) is 6. The van der Waals surface area contributed by atoms with E-state index in [0.717, 1.165) is 0 Å². The van der Waals surface area contributed by atoms with Crippen LogP contribution in [-0.4, -0.2) is 41.8 Å². The molecule has 27 heavy (non-hydrogen) atoms. The predicted molar refractivity (Wildman–Crippen MR) is 98.0 cm³/mol. The molecule has 144 valence electrons. The van der Waals surface area contributed by atoms with E-state index in [-0.39, 0.29) is 29.9 Å². The van der Waals surface area contributed by atoms with Crippen LogP contribution in [0.15, 0.2) is 36.0 Å². The lowest BCUT2D eigenvalue weighted by Crippen LogP contribution is -2.35.